The molecule has 0 aromatic heterocycles. The van der Waals surface area contributed by atoms with Crippen molar-refractivity contribution in [1.82, 2.24) is 0 Å². The van der Waals surface area contributed by atoms with Crippen molar-refractivity contribution >= 4 is 11.7 Å². The minimum absolute atomic E-state index is 0.236. The van der Waals surface area contributed by atoms with E-state index in [1.807, 2.05) is 0 Å². The van der Waals surface area contributed by atoms with E-state index in [0.29, 0.717) is 6.42 Å². The van der Waals surface area contributed by atoms with Crippen molar-refractivity contribution in [1.29, 1.82) is 0 Å². The highest BCUT2D eigenvalue weighted by Crippen LogP contribution is 2.26. The van der Waals surface area contributed by atoms with Gasteiger partial charge >= 0.3 is 5.97 Å². The zero-order chi connectivity index (χ0) is 13.5. The number of hydrogen-bond donors (Lipinski definition) is 1. The Balaban J connectivity index is 2.82. The van der Waals surface area contributed by atoms with Gasteiger partial charge in [0.05, 0.1) is 0 Å². The van der Waals surface area contributed by atoms with E-state index in [4.69, 9.17) is 5.11 Å². The average molecular weight is 249 g/mol. The zero-order valence-electron chi connectivity index (χ0n) is 11.6. The summed E-state index contributed by atoms with van der Waals surface area (Å²) in [4.78, 5) is 12.7. The van der Waals surface area contributed by atoms with Crippen molar-refractivity contribution in [2.45, 2.75) is 39.5 Å². The molecule has 1 aromatic rings. The minimum atomic E-state index is -0.720. The molecule has 0 aliphatic heterocycles. The Kier molecular flexibility index (Phi) is 5.69. The van der Waals surface area contributed by atoms with Gasteiger partial charge in [-0.2, -0.15) is 0 Å². The first-order chi connectivity index (χ1) is 8.60. The molecule has 0 saturated carbocycles. The van der Waals surface area contributed by atoms with Crippen LogP contribution < -0.4 is 4.90 Å². The molecule has 3 nitrogen and oxygen atoms in total. The first-order valence-electron chi connectivity index (χ1n) is 6.63. The molecule has 0 unspecified atom stereocenters. The summed E-state index contributed by atoms with van der Waals surface area (Å²) in [5.74, 6) is -0.720. The lowest BCUT2D eigenvalue weighted by Crippen LogP contribution is -2.22. The number of rotatable bonds is 7. The van der Waals surface area contributed by atoms with E-state index < -0.39 is 5.97 Å². The van der Waals surface area contributed by atoms with Gasteiger partial charge in [-0.15, -0.1) is 0 Å². The van der Waals surface area contributed by atoms with E-state index in [9.17, 15) is 4.79 Å². The first-order valence-corrected chi connectivity index (χ1v) is 6.63. The van der Waals surface area contributed by atoms with Gasteiger partial charge in [0, 0.05) is 25.7 Å². The van der Waals surface area contributed by atoms with E-state index in [1.165, 1.54) is 16.8 Å². The Labute approximate surface area is 109 Å². The summed E-state index contributed by atoms with van der Waals surface area (Å²) in [5.41, 5.74) is 3.97. The van der Waals surface area contributed by atoms with Crippen molar-refractivity contribution in [3.05, 3.63) is 29.3 Å². The molecule has 3 heteroatoms. The van der Waals surface area contributed by atoms with Crippen LogP contribution >= 0.6 is 0 Å². The van der Waals surface area contributed by atoms with Gasteiger partial charge in [0.25, 0.3) is 0 Å². The molecule has 0 spiro atoms. The molecule has 0 aliphatic carbocycles. The molecule has 0 radical (unpaired) electrons. The first kappa shape index (κ1) is 14.6. The van der Waals surface area contributed by atoms with Gasteiger partial charge in [-0.05, 0) is 30.4 Å². The van der Waals surface area contributed by atoms with Gasteiger partial charge in [0.15, 0.2) is 0 Å². The van der Waals surface area contributed by atoms with Crippen LogP contribution in [0.4, 0.5) is 5.69 Å². The largest absolute Gasteiger partial charge is 0.481 e. The fourth-order valence-electron chi connectivity index (χ4n) is 2.28. The molecule has 1 N–H and O–H groups in total. The molecule has 100 valence electrons. The number of aryl methyl sites for hydroxylation is 2. The second-order valence-electron chi connectivity index (χ2n) is 4.55. The smallest absolute Gasteiger partial charge is 0.303 e. The third kappa shape index (κ3) is 3.76. The number of carbonyl (C=O) groups is 1. The molecule has 0 bridgehead atoms. The maximum atomic E-state index is 10.5. The van der Waals surface area contributed by atoms with Crippen LogP contribution in [0, 0.1) is 0 Å². The molecular weight excluding hydrogens is 226 g/mol. The van der Waals surface area contributed by atoms with Crippen molar-refractivity contribution in [2.75, 3.05) is 18.5 Å². The fraction of sp³-hybridized carbons (Fsp3) is 0.533. The van der Waals surface area contributed by atoms with E-state index in [1.54, 1.807) is 0 Å². The summed E-state index contributed by atoms with van der Waals surface area (Å²) in [6.07, 6.45) is 2.94. The van der Waals surface area contributed by atoms with E-state index in [2.05, 4.69) is 44.0 Å². The fourth-order valence-corrected chi connectivity index (χ4v) is 2.28. The summed E-state index contributed by atoms with van der Waals surface area (Å²) in [7, 11) is 2.05. The van der Waals surface area contributed by atoms with Gasteiger partial charge in [0.1, 0.15) is 0 Å². The van der Waals surface area contributed by atoms with E-state index >= 15 is 0 Å². The number of benzene rings is 1. The number of nitrogens with zero attached hydrogens (tertiary/aromatic N) is 1. The second kappa shape index (κ2) is 7.04. The SMILES string of the molecule is CCc1cccc(CC)c1N(C)CCCC(=O)O. The minimum Gasteiger partial charge on any atom is -0.481 e. The van der Waals surface area contributed by atoms with Crippen LogP contribution in [-0.2, 0) is 17.6 Å². The third-order valence-corrected chi connectivity index (χ3v) is 3.23. The Morgan fingerprint density at radius 2 is 1.78 bits per heavy atom. The summed E-state index contributed by atoms with van der Waals surface area (Å²) >= 11 is 0. The lowest BCUT2D eigenvalue weighted by atomic mass is 10.0. The van der Waals surface area contributed by atoms with Crippen LogP contribution in [-0.4, -0.2) is 24.7 Å². The Bertz CT molecular complexity index is 379. The van der Waals surface area contributed by atoms with Gasteiger partial charge in [0.2, 0.25) is 0 Å². The molecule has 18 heavy (non-hydrogen) atoms. The number of carboxylic acids is 1. The predicted molar refractivity (Wildman–Crippen MR) is 75.3 cm³/mol. The van der Waals surface area contributed by atoms with Crippen LogP contribution in [0.25, 0.3) is 0 Å². The molecule has 1 aromatic carbocycles. The average Bonchev–Trinajstić information content (AvgIpc) is 2.36. The van der Waals surface area contributed by atoms with Crippen molar-refractivity contribution in [3.63, 3.8) is 0 Å². The topological polar surface area (TPSA) is 40.5 Å². The number of anilines is 1. The molecule has 0 atom stereocenters. The zero-order valence-corrected chi connectivity index (χ0v) is 11.6. The molecule has 0 saturated heterocycles. The summed E-state index contributed by atoms with van der Waals surface area (Å²) < 4.78 is 0. The van der Waals surface area contributed by atoms with Crippen molar-refractivity contribution in [2.24, 2.45) is 0 Å². The summed E-state index contributed by atoms with van der Waals surface area (Å²) in [6, 6.07) is 6.41. The van der Waals surface area contributed by atoms with Crippen LogP contribution in [0.15, 0.2) is 18.2 Å². The normalized spacial score (nSPS) is 10.4. The number of aliphatic carboxylic acids is 1. The van der Waals surface area contributed by atoms with Gasteiger partial charge in [-0.3, -0.25) is 4.79 Å². The Morgan fingerprint density at radius 3 is 2.22 bits per heavy atom. The molecule has 0 aliphatic rings. The maximum Gasteiger partial charge on any atom is 0.303 e. The lowest BCUT2D eigenvalue weighted by molar-refractivity contribution is -0.137. The highest BCUT2D eigenvalue weighted by Gasteiger charge is 2.11. The van der Waals surface area contributed by atoms with Crippen molar-refractivity contribution in [3.8, 4) is 0 Å². The van der Waals surface area contributed by atoms with E-state index in [-0.39, 0.29) is 6.42 Å². The molecule has 1 rings (SSSR count). The van der Waals surface area contributed by atoms with Crippen LogP contribution in [0.3, 0.4) is 0 Å². The predicted octanol–water partition coefficient (Wildman–Crippen LogP) is 3.11. The van der Waals surface area contributed by atoms with Crippen molar-refractivity contribution < 1.29 is 9.90 Å². The number of carboxylic acid groups (broad SMARTS) is 1. The van der Waals surface area contributed by atoms with Crippen LogP contribution in [0.2, 0.25) is 0 Å². The number of para-hydroxylation sites is 1. The Hall–Kier alpha value is -1.51. The molecular formula is C15H23NO2. The summed E-state index contributed by atoms with van der Waals surface area (Å²) in [6.45, 7) is 5.10. The van der Waals surface area contributed by atoms with Gasteiger partial charge in [-0.1, -0.05) is 32.0 Å². The standard InChI is InChI=1S/C15H23NO2/c1-4-12-8-6-9-13(5-2)15(12)16(3)11-7-10-14(17)18/h6,8-9H,4-5,7,10-11H2,1-3H3,(H,17,18). The molecule has 0 fully saturated rings. The number of hydrogen-bond acceptors (Lipinski definition) is 2. The highest BCUT2D eigenvalue weighted by atomic mass is 16.4. The monoisotopic (exact) mass is 249 g/mol. The van der Waals surface area contributed by atoms with Gasteiger partial charge < -0.3 is 10.0 Å². The Morgan fingerprint density at radius 1 is 1.22 bits per heavy atom. The lowest BCUT2D eigenvalue weighted by Gasteiger charge is -2.25. The third-order valence-electron chi connectivity index (χ3n) is 3.23. The second-order valence-corrected chi connectivity index (χ2v) is 4.55. The van der Waals surface area contributed by atoms with Crippen LogP contribution in [0.5, 0.6) is 0 Å². The van der Waals surface area contributed by atoms with Crippen LogP contribution in [0.1, 0.15) is 37.8 Å². The summed E-state index contributed by atoms with van der Waals surface area (Å²) in [5, 5.41) is 8.68. The van der Waals surface area contributed by atoms with Gasteiger partial charge in [-0.25, -0.2) is 0 Å². The molecule has 0 amide bonds. The maximum absolute atomic E-state index is 10.5. The quantitative estimate of drug-likeness (QED) is 0.807. The van der Waals surface area contributed by atoms with E-state index in [0.717, 1.165) is 19.4 Å². The highest BCUT2D eigenvalue weighted by molar-refractivity contribution is 5.66. The molecule has 0 heterocycles.